The number of hydrogen-bond donors (Lipinski definition) is 1. The fourth-order valence-electron chi connectivity index (χ4n) is 3.86. The van der Waals surface area contributed by atoms with Gasteiger partial charge in [0.05, 0.1) is 10.7 Å². The Labute approximate surface area is 192 Å². The van der Waals surface area contributed by atoms with Gasteiger partial charge in [0.1, 0.15) is 5.75 Å². The zero-order chi connectivity index (χ0) is 22.5. The molecule has 1 heterocycles. The Balaban J connectivity index is 1.32. The number of nitrogens with one attached hydrogen (secondary N) is 1. The molecule has 0 aromatic heterocycles. The Kier molecular flexibility index (Phi) is 6.81. The van der Waals surface area contributed by atoms with Gasteiger partial charge in [0.2, 0.25) is 5.91 Å². The number of amides is 2. The van der Waals surface area contributed by atoms with Crippen molar-refractivity contribution >= 4 is 45.6 Å². The number of nitrogens with zero attached hydrogens (tertiary/aromatic N) is 2. The van der Waals surface area contributed by atoms with Crippen molar-refractivity contribution < 1.29 is 14.3 Å². The Morgan fingerprint density at radius 1 is 0.969 bits per heavy atom. The Morgan fingerprint density at radius 3 is 2.44 bits per heavy atom. The molecule has 166 valence electrons. The lowest BCUT2D eigenvalue weighted by molar-refractivity contribution is -0.131. The van der Waals surface area contributed by atoms with Gasteiger partial charge in [-0.05, 0) is 41.1 Å². The Bertz CT molecular complexity index is 1130. The lowest BCUT2D eigenvalue weighted by Crippen LogP contribution is -2.48. The van der Waals surface area contributed by atoms with Crippen LogP contribution in [0.5, 0.6) is 5.75 Å². The minimum atomic E-state index is -0.256. The van der Waals surface area contributed by atoms with Crippen LogP contribution in [0.3, 0.4) is 0 Å². The molecule has 1 fully saturated rings. The van der Waals surface area contributed by atoms with E-state index in [9.17, 15) is 9.59 Å². The minimum Gasteiger partial charge on any atom is -0.484 e. The summed E-state index contributed by atoms with van der Waals surface area (Å²) in [5, 5.41) is 5.58. The van der Waals surface area contributed by atoms with Crippen molar-refractivity contribution in [3.8, 4) is 5.75 Å². The summed E-state index contributed by atoms with van der Waals surface area (Å²) in [6.45, 7) is 4.63. The molecule has 0 bridgehead atoms. The second-order valence-corrected chi connectivity index (χ2v) is 8.14. The van der Waals surface area contributed by atoms with Crippen LogP contribution in [0.4, 0.5) is 11.4 Å². The zero-order valence-corrected chi connectivity index (χ0v) is 18.8. The van der Waals surface area contributed by atoms with Gasteiger partial charge in [-0.25, -0.2) is 0 Å². The SMILES string of the molecule is CCC(=O)N1CCN(c2ccc(NC(=O)COc3ccc4ccccc4c3)cc2Cl)CC1. The van der Waals surface area contributed by atoms with Crippen LogP contribution in [0.25, 0.3) is 10.8 Å². The van der Waals surface area contributed by atoms with Crippen LogP contribution in [-0.4, -0.2) is 49.5 Å². The molecular formula is C25H26ClN3O3. The van der Waals surface area contributed by atoms with Gasteiger partial charge in [-0.1, -0.05) is 48.9 Å². The van der Waals surface area contributed by atoms with E-state index in [1.165, 1.54) is 0 Å². The number of piperazine rings is 1. The van der Waals surface area contributed by atoms with E-state index in [2.05, 4.69) is 10.2 Å². The molecule has 3 aromatic rings. The maximum atomic E-state index is 12.3. The first kappa shape index (κ1) is 22.0. The number of fused-ring (bicyclic) bond motifs is 1. The highest BCUT2D eigenvalue weighted by Gasteiger charge is 2.21. The fraction of sp³-hybridized carbons (Fsp3) is 0.280. The van der Waals surface area contributed by atoms with E-state index >= 15 is 0 Å². The number of carbonyl (C=O) groups excluding carboxylic acids is 2. The maximum absolute atomic E-state index is 12.3. The van der Waals surface area contributed by atoms with Crippen molar-refractivity contribution in [2.75, 3.05) is 43.0 Å². The van der Waals surface area contributed by atoms with E-state index in [0.29, 0.717) is 36.0 Å². The Hall–Kier alpha value is -3.25. The van der Waals surface area contributed by atoms with Gasteiger partial charge in [-0.3, -0.25) is 9.59 Å². The summed E-state index contributed by atoms with van der Waals surface area (Å²) in [4.78, 5) is 28.3. The molecule has 0 atom stereocenters. The molecule has 2 amide bonds. The van der Waals surface area contributed by atoms with Crippen LogP contribution in [0.1, 0.15) is 13.3 Å². The van der Waals surface area contributed by atoms with Gasteiger partial charge in [0.25, 0.3) is 5.91 Å². The summed E-state index contributed by atoms with van der Waals surface area (Å²) < 4.78 is 5.65. The van der Waals surface area contributed by atoms with E-state index in [0.717, 1.165) is 29.5 Å². The molecule has 7 heteroatoms. The number of anilines is 2. The average molecular weight is 452 g/mol. The third-order valence-corrected chi connectivity index (χ3v) is 5.90. The minimum absolute atomic E-state index is 0.0921. The summed E-state index contributed by atoms with van der Waals surface area (Å²) in [6.07, 6.45) is 0.528. The van der Waals surface area contributed by atoms with Crippen LogP contribution in [0.2, 0.25) is 5.02 Å². The lowest BCUT2D eigenvalue weighted by atomic mass is 10.1. The third kappa shape index (κ3) is 5.14. The molecule has 0 saturated carbocycles. The molecule has 4 rings (SSSR count). The predicted octanol–water partition coefficient (Wildman–Crippen LogP) is 4.57. The molecule has 0 spiro atoms. The van der Waals surface area contributed by atoms with Crippen LogP contribution in [0, 0.1) is 0 Å². The van der Waals surface area contributed by atoms with Gasteiger partial charge in [0.15, 0.2) is 6.61 Å². The molecule has 0 aliphatic carbocycles. The van der Waals surface area contributed by atoms with E-state index in [-0.39, 0.29) is 18.4 Å². The molecule has 3 aromatic carbocycles. The highest BCUT2D eigenvalue weighted by Crippen LogP contribution is 2.30. The zero-order valence-electron chi connectivity index (χ0n) is 18.0. The number of carbonyl (C=O) groups is 2. The second-order valence-electron chi connectivity index (χ2n) is 7.73. The molecule has 0 unspecified atom stereocenters. The summed E-state index contributed by atoms with van der Waals surface area (Å²) in [5.74, 6) is 0.571. The first-order chi connectivity index (χ1) is 15.5. The first-order valence-corrected chi connectivity index (χ1v) is 11.1. The maximum Gasteiger partial charge on any atom is 0.262 e. The monoisotopic (exact) mass is 451 g/mol. The molecule has 1 aliphatic rings. The highest BCUT2D eigenvalue weighted by molar-refractivity contribution is 6.33. The summed E-state index contributed by atoms with van der Waals surface area (Å²) in [6, 6.07) is 19.2. The van der Waals surface area contributed by atoms with Gasteiger partial charge in [0, 0.05) is 38.3 Å². The van der Waals surface area contributed by atoms with E-state index in [1.54, 1.807) is 6.07 Å². The van der Waals surface area contributed by atoms with Crippen molar-refractivity contribution in [3.05, 3.63) is 65.7 Å². The second kappa shape index (κ2) is 9.92. The van der Waals surface area contributed by atoms with Crippen molar-refractivity contribution in [2.24, 2.45) is 0 Å². The number of halogens is 1. The fourth-order valence-corrected chi connectivity index (χ4v) is 4.16. The number of hydrogen-bond acceptors (Lipinski definition) is 4. The third-order valence-electron chi connectivity index (χ3n) is 5.60. The summed E-state index contributed by atoms with van der Waals surface area (Å²) in [5.41, 5.74) is 1.52. The largest absolute Gasteiger partial charge is 0.484 e. The first-order valence-electron chi connectivity index (χ1n) is 10.8. The Morgan fingerprint density at radius 2 is 1.72 bits per heavy atom. The van der Waals surface area contributed by atoms with Gasteiger partial charge in [-0.2, -0.15) is 0 Å². The smallest absolute Gasteiger partial charge is 0.262 e. The molecule has 1 saturated heterocycles. The summed E-state index contributed by atoms with van der Waals surface area (Å²) >= 11 is 6.50. The molecule has 1 aliphatic heterocycles. The lowest BCUT2D eigenvalue weighted by Gasteiger charge is -2.36. The molecule has 1 N–H and O–H groups in total. The molecule has 0 radical (unpaired) electrons. The van der Waals surface area contributed by atoms with Crippen molar-refractivity contribution in [1.82, 2.24) is 4.90 Å². The van der Waals surface area contributed by atoms with Crippen LogP contribution >= 0.6 is 11.6 Å². The van der Waals surface area contributed by atoms with E-state index in [4.69, 9.17) is 16.3 Å². The van der Waals surface area contributed by atoms with Crippen molar-refractivity contribution in [1.29, 1.82) is 0 Å². The quantitative estimate of drug-likeness (QED) is 0.596. The van der Waals surface area contributed by atoms with Crippen LogP contribution in [-0.2, 0) is 9.59 Å². The van der Waals surface area contributed by atoms with Gasteiger partial charge in [-0.15, -0.1) is 0 Å². The van der Waals surface area contributed by atoms with Crippen molar-refractivity contribution in [3.63, 3.8) is 0 Å². The highest BCUT2D eigenvalue weighted by atomic mass is 35.5. The van der Waals surface area contributed by atoms with Gasteiger partial charge < -0.3 is 19.9 Å². The number of benzene rings is 3. The van der Waals surface area contributed by atoms with Crippen molar-refractivity contribution in [2.45, 2.75) is 13.3 Å². The van der Waals surface area contributed by atoms with Crippen LogP contribution in [0.15, 0.2) is 60.7 Å². The predicted molar refractivity (Wildman–Crippen MR) is 129 cm³/mol. The number of rotatable bonds is 6. The van der Waals surface area contributed by atoms with Gasteiger partial charge >= 0.3 is 0 Å². The standard InChI is InChI=1S/C25H26ClN3O3/c1-2-25(31)29-13-11-28(12-14-29)23-10-8-20(16-22(23)26)27-24(30)17-32-21-9-7-18-5-3-4-6-19(18)15-21/h3-10,15-16H,2,11-14,17H2,1H3,(H,27,30). The molecular weight excluding hydrogens is 426 g/mol. The average Bonchev–Trinajstić information content (AvgIpc) is 2.82. The topological polar surface area (TPSA) is 61.9 Å². The van der Waals surface area contributed by atoms with Crippen LogP contribution < -0.4 is 15.0 Å². The van der Waals surface area contributed by atoms with E-state index in [1.807, 2.05) is 66.4 Å². The normalized spacial score (nSPS) is 13.8. The number of ether oxygens (including phenoxy) is 1. The summed E-state index contributed by atoms with van der Waals surface area (Å²) in [7, 11) is 0. The molecule has 6 nitrogen and oxygen atoms in total. The molecule has 32 heavy (non-hydrogen) atoms. The van der Waals surface area contributed by atoms with E-state index < -0.39 is 0 Å².